The minimum absolute atomic E-state index is 0.253. The number of primary amides is 1. The first kappa shape index (κ1) is 10.2. The third-order valence-corrected chi connectivity index (χ3v) is 1.71. The number of carbonyl (C=O) groups excluding carboxylic acids is 1. The first-order valence-electron chi connectivity index (χ1n) is 2.94. The van der Waals surface area contributed by atoms with Crippen molar-refractivity contribution in [2.24, 2.45) is 11.5 Å². The van der Waals surface area contributed by atoms with E-state index >= 15 is 0 Å². The number of aliphatic carboxylic acids is 1. The number of carboxylic acids is 1. The number of hydrogen-bond acceptors (Lipinski definition) is 4. The zero-order chi connectivity index (χ0) is 8.85. The summed E-state index contributed by atoms with van der Waals surface area (Å²) in [5.41, 5.74) is 9.93. The molecule has 1 amide bonds. The fraction of sp³-hybridized carbons (Fsp3) is 0.600. The predicted octanol–water partition coefficient (Wildman–Crippen LogP) is -0.400. The van der Waals surface area contributed by atoms with Crippen molar-refractivity contribution in [1.82, 2.24) is 0 Å². The molecule has 0 aromatic heterocycles. The molecule has 0 radical (unpaired) electrons. The van der Waals surface area contributed by atoms with Gasteiger partial charge in [0.1, 0.15) is 6.04 Å². The van der Waals surface area contributed by atoms with Gasteiger partial charge < -0.3 is 16.6 Å². The van der Waals surface area contributed by atoms with E-state index in [2.05, 4.69) is 0 Å². The average molecular weight is 178 g/mol. The van der Waals surface area contributed by atoms with Crippen molar-refractivity contribution >= 4 is 23.0 Å². The van der Waals surface area contributed by atoms with Crippen molar-refractivity contribution in [3.05, 3.63) is 0 Å². The zero-order valence-corrected chi connectivity index (χ0v) is 6.63. The summed E-state index contributed by atoms with van der Waals surface area (Å²) in [6.45, 7) is 0. The van der Waals surface area contributed by atoms with Gasteiger partial charge in [0, 0.05) is 5.75 Å². The van der Waals surface area contributed by atoms with Gasteiger partial charge in [-0.1, -0.05) is 11.8 Å². The highest BCUT2D eigenvalue weighted by Crippen LogP contribution is 2.02. The molecule has 1 unspecified atom stereocenters. The number of thioether (sulfide) groups is 1. The lowest BCUT2D eigenvalue weighted by Crippen LogP contribution is -2.30. The van der Waals surface area contributed by atoms with E-state index in [9.17, 15) is 9.59 Å². The van der Waals surface area contributed by atoms with Gasteiger partial charge >= 0.3 is 5.97 Å². The van der Waals surface area contributed by atoms with E-state index in [1.54, 1.807) is 0 Å². The van der Waals surface area contributed by atoms with Crippen LogP contribution in [0.1, 0.15) is 6.42 Å². The summed E-state index contributed by atoms with van der Waals surface area (Å²) in [5.74, 6) is -0.710. The van der Waals surface area contributed by atoms with Crippen molar-refractivity contribution in [3.63, 3.8) is 0 Å². The molecule has 5 nitrogen and oxygen atoms in total. The molecule has 0 aromatic rings. The highest BCUT2D eigenvalue weighted by atomic mass is 32.2. The SMILES string of the molecule is NC(=O)SCCC(N)C(=O)O. The second kappa shape index (κ2) is 4.97. The summed E-state index contributed by atoms with van der Waals surface area (Å²) in [6.07, 6.45) is 0.253. The molecule has 0 saturated carbocycles. The molecule has 5 N–H and O–H groups in total. The van der Waals surface area contributed by atoms with Crippen LogP contribution in [0.5, 0.6) is 0 Å². The summed E-state index contributed by atoms with van der Waals surface area (Å²) in [7, 11) is 0. The Labute approximate surface area is 68.1 Å². The van der Waals surface area contributed by atoms with Crippen LogP contribution in [-0.4, -0.2) is 28.1 Å². The van der Waals surface area contributed by atoms with Crippen molar-refractivity contribution in [2.75, 3.05) is 5.75 Å². The van der Waals surface area contributed by atoms with Gasteiger partial charge in [0.25, 0.3) is 5.24 Å². The standard InChI is InChI=1S/C5H10N2O3S/c6-3(4(8)9)1-2-11-5(7)10/h3H,1-2,6H2,(H2,7,10)(H,8,9). The highest BCUT2D eigenvalue weighted by Gasteiger charge is 2.10. The Balaban J connectivity index is 3.39. The van der Waals surface area contributed by atoms with Crippen LogP contribution in [0.4, 0.5) is 4.79 Å². The topological polar surface area (TPSA) is 106 Å². The zero-order valence-electron chi connectivity index (χ0n) is 5.82. The summed E-state index contributed by atoms with van der Waals surface area (Å²) < 4.78 is 0. The predicted molar refractivity (Wildman–Crippen MR) is 42.3 cm³/mol. The average Bonchev–Trinajstić information content (AvgIpc) is 1.86. The van der Waals surface area contributed by atoms with Crippen LogP contribution in [0.3, 0.4) is 0 Å². The second-order valence-electron chi connectivity index (χ2n) is 1.90. The van der Waals surface area contributed by atoms with E-state index in [0.717, 1.165) is 11.8 Å². The molecule has 6 heteroatoms. The molecule has 0 fully saturated rings. The molecule has 0 heterocycles. The van der Waals surface area contributed by atoms with Crippen molar-refractivity contribution in [1.29, 1.82) is 0 Å². The van der Waals surface area contributed by atoms with E-state index in [0.29, 0.717) is 5.75 Å². The molecular weight excluding hydrogens is 168 g/mol. The molecule has 0 rings (SSSR count). The Kier molecular flexibility index (Phi) is 4.64. The summed E-state index contributed by atoms with van der Waals surface area (Å²) in [5, 5.41) is 7.79. The first-order chi connectivity index (χ1) is 5.04. The number of nitrogens with two attached hydrogens (primary N) is 2. The molecule has 0 aliphatic carbocycles. The Bertz CT molecular complexity index is 162. The summed E-state index contributed by atoms with van der Waals surface area (Å²) in [4.78, 5) is 20.3. The maximum Gasteiger partial charge on any atom is 0.320 e. The molecule has 0 aliphatic rings. The van der Waals surface area contributed by atoms with Gasteiger partial charge in [-0.25, -0.2) is 0 Å². The quantitative estimate of drug-likeness (QED) is 0.543. The van der Waals surface area contributed by atoms with Crippen LogP contribution >= 0.6 is 11.8 Å². The van der Waals surface area contributed by atoms with E-state index in [4.69, 9.17) is 16.6 Å². The normalized spacial score (nSPS) is 12.5. The molecular formula is C5H10N2O3S. The van der Waals surface area contributed by atoms with E-state index in [1.807, 2.05) is 0 Å². The number of amides is 1. The monoisotopic (exact) mass is 178 g/mol. The third kappa shape index (κ3) is 5.68. The van der Waals surface area contributed by atoms with Gasteiger partial charge in [-0.15, -0.1) is 0 Å². The number of carboxylic acid groups (broad SMARTS) is 1. The van der Waals surface area contributed by atoms with Gasteiger partial charge in [-0.3, -0.25) is 9.59 Å². The van der Waals surface area contributed by atoms with Crippen LogP contribution in [0.2, 0.25) is 0 Å². The maximum absolute atomic E-state index is 10.1. The minimum atomic E-state index is -1.06. The molecule has 0 aromatic carbocycles. The van der Waals surface area contributed by atoms with Crippen LogP contribution in [0, 0.1) is 0 Å². The Hall–Kier alpha value is -0.750. The van der Waals surface area contributed by atoms with Gasteiger partial charge in [0.2, 0.25) is 0 Å². The third-order valence-electron chi connectivity index (χ3n) is 0.990. The largest absolute Gasteiger partial charge is 0.480 e. The van der Waals surface area contributed by atoms with Gasteiger partial charge in [-0.05, 0) is 6.42 Å². The Morgan fingerprint density at radius 2 is 2.09 bits per heavy atom. The fourth-order valence-corrected chi connectivity index (χ4v) is 0.983. The minimum Gasteiger partial charge on any atom is -0.480 e. The number of rotatable bonds is 4. The molecule has 0 aliphatic heterocycles. The van der Waals surface area contributed by atoms with Crippen LogP contribution in [0.25, 0.3) is 0 Å². The lowest BCUT2D eigenvalue weighted by molar-refractivity contribution is -0.138. The van der Waals surface area contributed by atoms with Gasteiger partial charge in [0.15, 0.2) is 0 Å². The smallest absolute Gasteiger partial charge is 0.320 e. The van der Waals surface area contributed by atoms with Crippen LogP contribution in [-0.2, 0) is 4.79 Å². The first-order valence-corrected chi connectivity index (χ1v) is 3.93. The molecule has 11 heavy (non-hydrogen) atoms. The molecule has 0 spiro atoms. The van der Waals surface area contributed by atoms with Crippen molar-refractivity contribution in [2.45, 2.75) is 12.5 Å². The summed E-state index contributed by atoms with van der Waals surface area (Å²) >= 11 is 0.873. The fourth-order valence-electron chi connectivity index (χ4n) is 0.410. The lowest BCUT2D eigenvalue weighted by Gasteiger charge is -2.02. The maximum atomic E-state index is 10.1. The van der Waals surface area contributed by atoms with Gasteiger partial charge in [-0.2, -0.15) is 0 Å². The van der Waals surface area contributed by atoms with E-state index in [-0.39, 0.29) is 6.42 Å². The Morgan fingerprint density at radius 1 is 1.55 bits per heavy atom. The Morgan fingerprint density at radius 3 is 2.45 bits per heavy atom. The van der Waals surface area contributed by atoms with Crippen LogP contribution < -0.4 is 11.5 Å². The molecule has 64 valence electrons. The van der Waals surface area contributed by atoms with Crippen molar-refractivity contribution in [3.8, 4) is 0 Å². The number of hydrogen-bond donors (Lipinski definition) is 3. The lowest BCUT2D eigenvalue weighted by atomic mass is 10.2. The van der Waals surface area contributed by atoms with E-state index in [1.165, 1.54) is 0 Å². The summed E-state index contributed by atoms with van der Waals surface area (Å²) in [6, 6.07) is -0.901. The second-order valence-corrected chi connectivity index (χ2v) is 3.00. The highest BCUT2D eigenvalue weighted by molar-refractivity contribution is 8.13. The van der Waals surface area contributed by atoms with Crippen molar-refractivity contribution < 1.29 is 14.7 Å². The number of carbonyl (C=O) groups is 2. The molecule has 1 atom stereocenters. The van der Waals surface area contributed by atoms with Crippen LogP contribution in [0.15, 0.2) is 0 Å². The molecule has 0 bridgehead atoms. The van der Waals surface area contributed by atoms with Gasteiger partial charge in [0.05, 0.1) is 0 Å². The molecule has 0 saturated heterocycles. The van der Waals surface area contributed by atoms with E-state index < -0.39 is 17.3 Å².